The van der Waals surface area contributed by atoms with E-state index in [2.05, 4.69) is 15.2 Å². The van der Waals surface area contributed by atoms with Crippen LogP contribution < -0.4 is 0 Å². The van der Waals surface area contributed by atoms with Gasteiger partial charge in [-0.25, -0.2) is 4.98 Å². The van der Waals surface area contributed by atoms with Crippen molar-refractivity contribution in [2.75, 3.05) is 6.54 Å². The highest BCUT2D eigenvalue weighted by atomic mass is 16.3. The molecule has 1 aliphatic rings. The zero-order chi connectivity index (χ0) is 18.6. The van der Waals surface area contributed by atoms with Gasteiger partial charge in [-0.1, -0.05) is 12.1 Å². The minimum Gasteiger partial charge on any atom is -0.507 e. The molecule has 0 saturated carbocycles. The monoisotopic (exact) mass is 365 g/mol. The largest absolute Gasteiger partial charge is 0.507 e. The molecule has 3 aromatic rings. The number of nitrogens with zero attached hydrogens (tertiary/aromatic N) is 4. The number of H-pyrrole nitrogens is 1. The van der Waals surface area contributed by atoms with Crippen molar-refractivity contribution < 1.29 is 9.90 Å². The number of phenolic OH excluding ortho intramolecular Hbond substituents is 1. The molecule has 1 unspecified atom stereocenters. The lowest BCUT2D eigenvalue weighted by molar-refractivity contribution is 0.0589. The van der Waals surface area contributed by atoms with Gasteiger partial charge < -0.3 is 14.6 Å². The first-order chi connectivity index (χ1) is 13.2. The molecule has 0 radical (unpaired) electrons. The van der Waals surface area contributed by atoms with Crippen molar-refractivity contribution in [1.29, 1.82) is 0 Å². The number of para-hydroxylation sites is 1. The second-order valence-electron chi connectivity index (χ2n) is 6.92. The van der Waals surface area contributed by atoms with Crippen molar-refractivity contribution in [3.63, 3.8) is 0 Å². The number of rotatable bonds is 5. The molecule has 1 amide bonds. The number of benzene rings is 1. The number of aryl methyl sites for hydroxylation is 1. The predicted octanol–water partition coefficient (Wildman–Crippen LogP) is 3.06. The van der Waals surface area contributed by atoms with Crippen molar-refractivity contribution in [3.05, 3.63) is 54.7 Å². The van der Waals surface area contributed by atoms with Crippen LogP contribution in [0.3, 0.4) is 0 Å². The van der Waals surface area contributed by atoms with Gasteiger partial charge in [-0.05, 0) is 43.9 Å². The highest BCUT2D eigenvalue weighted by Crippen LogP contribution is 2.28. The average molecular weight is 365 g/mol. The number of carbonyl (C=O) groups excluding carboxylic acids is 1. The third-order valence-corrected chi connectivity index (χ3v) is 5.16. The van der Waals surface area contributed by atoms with Crippen LogP contribution >= 0.6 is 0 Å². The normalized spacial score (nSPS) is 17.2. The fraction of sp³-hybridized carbons (Fsp3) is 0.350. The van der Waals surface area contributed by atoms with Gasteiger partial charge in [0.2, 0.25) is 0 Å². The second-order valence-corrected chi connectivity index (χ2v) is 6.92. The van der Waals surface area contributed by atoms with Gasteiger partial charge in [-0.3, -0.25) is 9.89 Å². The first kappa shape index (κ1) is 17.3. The van der Waals surface area contributed by atoms with Crippen LogP contribution in [0.5, 0.6) is 5.75 Å². The van der Waals surface area contributed by atoms with Crippen molar-refractivity contribution in [2.24, 2.45) is 0 Å². The Hall–Kier alpha value is -3.09. The molecule has 1 aliphatic heterocycles. The average Bonchev–Trinajstić information content (AvgIpc) is 3.38. The number of amides is 1. The Kier molecular flexibility index (Phi) is 4.91. The molecule has 1 atom stereocenters. The molecule has 7 heteroatoms. The number of piperidine rings is 1. The fourth-order valence-corrected chi connectivity index (χ4v) is 3.70. The predicted molar refractivity (Wildman–Crippen MR) is 101 cm³/mol. The van der Waals surface area contributed by atoms with Crippen LogP contribution in [0, 0.1) is 0 Å². The van der Waals surface area contributed by atoms with E-state index in [0.29, 0.717) is 17.0 Å². The van der Waals surface area contributed by atoms with Crippen LogP contribution in [0.2, 0.25) is 0 Å². The first-order valence-electron chi connectivity index (χ1n) is 9.33. The van der Waals surface area contributed by atoms with Crippen LogP contribution in [0.25, 0.3) is 11.3 Å². The molecule has 27 heavy (non-hydrogen) atoms. The number of aromatic amines is 1. The summed E-state index contributed by atoms with van der Waals surface area (Å²) in [6.45, 7) is 1.61. The van der Waals surface area contributed by atoms with Gasteiger partial charge >= 0.3 is 0 Å². The lowest BCUT2D eigenvalue weighted by Gasteiger charge is -2.35. The Bertz CT molecular complexity index is 903. The Morgan fingerprint density at radius 2 is 2.19 bits per heavy atom. The number of aromatic hydroxyl groups is 1. The zero-order valence-electron chi connectivity index (χ0n) is 15.1. The van der Waals surface area contributed by atoms with E-state index in [4.69, 9.17) is 0 Å². The van der Waals surface area contributed by atoms with Crippen molar-refractivity contribution in [3.8, 4) is 17.0 Å². The zero-order valence-corrected chi connectivity index (χ0v) is 15.1. The number of hydrogen-bond donors (Lipinski definition) is 2. The molecule has 0 spiro atoms. The maximum atomic E-state index is 13.1. The molecule has 4 rings (SSSR count). The quantitative estimate of drug-likeness (QED) is 0.727. The summed E-state index contributed by atoms with van der Waals surface area (Å²) >= 11 is 0. The highest BCUT2D eigenvalue weighted by molar-refractivity contribution is 5.93. The molecule has 0 bridgehead atoms. The topological polar surface area (TPSA) is 87.0 Å². The molecular weight excluding hydrogens is 342 g/mol. The number of nitrogens with one attached hydrogen (secondary N) is 1. The summed E-state index contributed by atoms with van der Waals surface area (Å²) in [4.78, 5) is 19.1. The van der Waals surface area contributed by atoms with Gasteiger partial charge in [-0.15, -0.1) is 0 Å². The standard InChI is InChI=1S/C20H23N5O2/c26-19-7-2-1-6-16(19)17-13-18(23-22-17)20(27)25-10-4-3-5-15(25)8-11-24-12-9-21-14-24/h1-2,6-7,9,12-15,26H,3-5,8,10-11H2,(H,22,23). The maximum Gasteiger partial charge on any atom is 0.272 e. The summed E-state index contributed by atoms with van der Waals surface area (Å²) in [5.74, 6) is 0.124. The van der Waals surface area contributed by atoms with E-state index in [1.807, 2.05) is 28.1 Å². The van der Waals surface area contributed by atoms with Crippen LogP contribution in [0.1, 0.15) is 36.2 Å². The molecular formula is C20H23N5O2. The second kappa shape index (κ2) is 7.65. The Balaban J connectivity index is 1.49. The summed E-state index contributed by atoms with van der Waals surface area (Å²) in [5.41, 5.74) is 1.65. The number of aromatic nitrogens is 4. The SMILES string of the molecule is O=C(c1cc(-c2ccccc2O)n[nH]1)N1CCCCC1CCn1ccnc1. The third-order valence-electron chi connectivity index (χ3n) is 5.16. The molecule has 140 valence electrons. The fourth-order valence-electron chi connectivity index (χ4n) is 3.70. The number of hydrogen-bond acceptors (Lipinski definition) is 4. The van der Waals surface area contributed by atoms with E-state index in [-0.39, 0.29) is 17.7 Å². The Morgan fingerprint density at radius 1 is 1.30 bits per heavy atom. The molecule has 1 fully saturated rings. The van der Waals surface area contributed by atoms with Crippen molar-refractivity contribution >= 4 is 5.91 Å². The summed E-state index contributed by atoms with van der Waals surface area (Å²) in [5, 5.41) is 17.1. The molecule has 3 heterocycles. The van der Waals surface area contributed by atoms with Crippen LogP contribution in [0.4, 0.5) is 0 Å². The molecule has 1 aromatic carbocycles. The van der Waals surface area contributed by atoms with Crippen molar-refractivity contribution in [2.45, 2.75) is 38.3 Å². The molecule has 0 aliphatic carbocycles. The van der Waals surface area contributed by atoms with E-state index >= 15 is 0 Å². The lowest BCUT2D eigenvalue weighted by Crippen LogP contribution is -2.44. The highest BCUT2D eigenvalue weighted by Gasteiger charge is 2.28. The molecule has 1 saturated heterocycles. The number of phenols is 1. The Morgan fingerprint density at radius 3 is 3.00 bits per heavy atom. The van der Waals surface area contributed by atoms with E-state index in [9.17, 15) is 9.90 Å². The van der Waals surface area contributed by atoms with Gasteiger partial charge in [0.15, 0.2) is 0 Å². The first-order valence-corrected chi connectivity index (χ1v) is 9.33. The summed E-state index contributed by atoms with van der Waals surface area (Å²) in [6, 6.07) is 8.93. The van der Waals surface area contributed by atoms with Gasteiger partial charge in [0, 0.05) is 37.1 Å². The van der Waals surface area contributed by atoms with Gasteiger partial charge in [0.25, 0.3) is 5.91 Å². The van der Waals surface area contributed by atoms with Crippen LogP contribution in [0.15, 0.2) is 49.1 Å². The smallest absolute Gasteiger partial charge is 0.272 e. The summed E-state index contributed by atoms with van der Waals surface area (Å²) in [6.07, 6.45) is 9.61. The lowest BCUT2D eigenvalue weighted by atomic mass is 9.98. The van der Waals surface area contributed by atoms with E-state index < -0.39 is 0 Å². The van der Waals surface area contributed by atoms with Gasteiger partial charge in [-0.2, -0.15) is 5.10 Å². The molecule has 7 nitrogen and oxygen atoms in total. The Labute approximate surface area is 157 Å². The van der Waals surface area contributed by atoms with Crippen LogP contribution in [-0.4, -0.2) is 48.2 Å². The van der Waals surface area contributed by atoms with Crippen LogP contribution in [-0.2, 0) is 6.54 Å². The van der Waals surface area contributed by atoms with E-state index in [0.717, 1.165) is 38.8 Å². The minimum atomic E-state index is -0.0282. The van der Waals surface area contributed by atoms with E-state index in [1.165, 1.54) is 0 Å². The van der Waals surface area contributed by atoms with Gasteiger partial charge in [0.05, 0.1) is 12.0 Å². The maximum absolute atomic E-state index is 13.1. The minimum absolute atomic E-state index is 0.0282. The number of likely N-dealkylation sites (tertiary alicyclic amines) is 1. The third kappa shape index (κ3) is 3.72. The van der Waals surface area contributed by atoms with Crippen molar-refractivity contribution in [1.82, 2.24) is 24.6 Å². The molecule has 2 N–H and O–H groups in total. The number of imidazole rings is 1. The number of carbonyl (C=O) groups is 1. The van der Waals surface area contributed by atoms with E-state index in [1.54, 1.807) is 30.5 Å². The summed E-state index contributed by atoms with van der Waals surface area (Å²) in [7, 11) is 0. The molecule has 2 aromatic heterocycles. The van der Waals surface area contributed by atoms with Gasteiger partial charge in [0.1, 0.15) is 11.4 Å². The summed E-state index contributed by atoms with van der Waals surface area (Å²) < 4.78 is 2.05.